The van der Waals surface area contributed by atoms with Crippen LogP contribution in [0, 0.1) is 0 Å². The molecule has 2 aromatic heterocycles. The number of anilines is 2. The molecule has 0 bridgehead atoms. The first-order valence-corrected chi connectivity index (χ1v) is 10.4. The summed E-state index contributed by atoms with van der Waals surface area (Å²) in [7, 11) is 0. The van der Waals surface area contributed by atoms with E-state index in [0.717, 1.165) is 45.7 Å². The number of aromatic nitrogens is 2. The van der Waals surface area contributed by atoms with E-state index in [1.807, 2.05) is 61.5 Å². The van der Waals surface area contributed by atoms with E-state index < -0.39 is 0 Å². The first-order chi connectivity index (χ1) is 15.2. The minimum absolute atomic E-state index is 0.439. The third-order valence-electron chi connectivity index (χ3n) is 4.73. The third kappa shape index (κ3) is 5.13. The fourth-order valence-corrected chi connectivity index (χ4v) is 3.32. The molecule has 0 aliphatic rings. The van der Waals surface area contributed by atoms with E-state index in [1.165, 1.54) is 0 Å². The predicted octanol–water partition coefficient (Wildman–Crippen LogP) is 4.27. The normalized spacial score (nSPS) is 11.0. The summed E-state index contributed by atoms with van der Waals surface area (Å²) in [5, 5.41) is 5.14. The molecular weight excluding hydrogens is 392 g/mol. The lowest BCUT2D eigenvalue weighted by Gasteiger charge is -2.12. The molecule has 4 rings (SSSR count). The van der Waals surface area contributed by atoms with Gasteiger partial charge in [-0.15, -0.1) is 0 Å². The summed E-state index contributed by atoms with van der Waals surface area (Å²) in [6, 6.07) is 19.3. The van der Waals surface area contributed by atoms with Gasteiger partial charge in [0.1, 0.15) is 36.3 Å². The molecule has 0 saturated heterocycles. The van der Waals surface area contributed by atoms with Gasteiger partial charge < -0.3 is 25.3 Å². The smallest absolute Gasteiger partial charge is 0.128 e. The second-order valence-corrected chi connectivity index (χ2v) is 6.92. The molecule has 160 valence electrons. The van der Waals surface area contributed by atoms with Gasteiger partial charge in [0.15, 0.2) is 0 Å². The first kappa shape index (κ1) is 20.7. The number of benzene rings is 2. The van der Waals surface area contributed by atoms with Gasteiger partial charge in [0.2, 0.25) is 0 Å². The summed E-state index contributed by atoms with van der Waals surface area (Å²) < 4.78 is 17.4. The largest absolute Gasteiger partial charge is 0.490 e. The fourth-order valence-electron chi connectivity index (χ4n) is 3.32. The van der Waals surface area contributed by atoms with Crippen molar-refractivity contribution in [2.75, 3.05) is 44.0 Å². The predicted molar refractivity (Wildman–Crippen MR) is 124 cm³/mol. The van der Waals surface area contributed by atoms with Crippen LogP contribution in [0.15, 0.2) is 60.7 Å². The maximum absolute atomic E-state index is 5.91. The van der Waals surface area contributed by atoms with Crippen LogP contribution in [0.5, 0.6) is 11.5 Å². The molecular formula is C24H26N4O3. The third-order valence-corrected chi connectivity index (χ3v) is 4.73. The van der Waals surface area contributed by atoms with Crippen LogP contribution >= 0.6 is 0 Å². The van der Waals surface area contributed by atoms with Gasteiger partial charge >= 0.3 is 0 Å². The van der Waals surface area contributed by atoms with Crippen LogP contribution in [0.4, 0.5) is 11.6 Å². The van der Waals surface area contributed by atoms with Crippen molar-refractivity contribution in [3.05, 3.63) is 60.7 Å². The minimum Gasteiger partial charge on any atom is -0.490 e. The van der Waals surface area contributed by atoms with Crippen molar-refractivity contribution in [3.8, 4) is 11.5 Å². The molecule has 0 radical (unpaired) electrons. The van der Waals surface area contributed by atoms with Crippen molar-refractivity contribution in [3.63, 3.8) is 0 Å². The highest BCUT2D eigenvalue weighted by molar-refractivity contribution is 5.87. The highest BCUT2D eigenvalue weighted by Crippen LogP contribution is 2.26. The number of nitrogens with zero attached hydrogens (tertiary/aromatic N) is 2. The van der Waals surface area contributed by atoms with Gasteiger partial charge in [-0.25, -0.2) is 9.97 Å². The van der Waals surface area contributed by atoms with E-state index >= 15 is 0 Å². The summed E-state index contributed by atoms with van der Waals surface area (Å²) in [6.45, 7) is 4.70. The van der Waals surface area contributed by atoms with Crippen LogP contribution in [-0.4, -0.2) is 42.9 Å². The van der Waals surface area contributed by atoms with E-state index in [1.54, 1.807) is 6.07 Å². The molecule has 0 spiro atoms. The Kier molecular flexibility index (Phi) is 6.64. The van der Waals surface area contributed by atoms with Gasteiger partial charge in [0.05, 0.1) is 24.2 Å². The number of hydrogen-bond acceptors (Lipinski definition) is 7. The first-order valence-electron chi connectivity index (χ1n) is 10.4. The van der Waals surface area contributed by atoms with Crippen LogP contribution in [0.1, 0.15) is 6.92 Å². The number of nitrogens with two attached hydrogens (primary N) is 1. The average Bonchev–Trinajstić information content (AvgIpc) is 2.78. The van der Waals surface area contributed by atoms with Crippen molar-refractivity contribution in [1.82, 2.24) is 9.97 Å². The Labute approximate surface area is 181 Å². The van der Waals surface area contributed by atoms with Crippen molar-refractivity contribution in [2.45, 2.75) is 6.92 Å². The lowest BCUT2D eigenvalue weighted by Crippen LogP contribution is -2.12. The molecule has 7 heteroatoms. The van der Waals surface area contributed by atoms with Gasteiger partial charge in [-0.05, 0) is 55.5 Å². The summed E-state index contributed by atoms with van der Waals surface area (Å²) in [4.78, 5) is 8.91. The second-order valence-electron chi connectivity index (χ2n) is 6.92. The molecule has 2 heterocycles. The quantitative estimate of drug-likeness (QED) is 0.372. The lowest BCUT2D eigenvalue weighted by atomic mass is 10.2. The topological polar surface area (TPSA) is 91.5 Å². The summed E-state index contributed by atoms with van der Waals surface area (Å²) in [5.74, 6) is 2.93. The van der Waals surface area contributed by atoms with Gasteiger partial charge in [0.25, 0.3) is 0 Å². The van der Waals surface area contributed by atoms with Crippen molar-refractivity contribution in [2.24, 2.45) is 0 Å². The van der Waals surface area contributed by atoms with Gasteiger partial charge in [-0.1, -0.05) is 12.1 Å². The Morgan fingerprint density at radius 2 is 1.35 bits per heavy atom. The van der Waals surface area contributed by atoms with E-state index in [-0.39, 0.29) is 0 Å². The molecule has 0 saturated carbocycles. The monoisotopic (exact) mass is 418 g/mol. The van der Waals surface area contributed by atoms with Crippen LogP contribution in [0.25, 0.3) is 21.8 Å². The summed E-state index contributed by atoms with van der Waals surface area (Å²) >= 11 is 0. The SMILES string of the molecule is CCNc1ccc2c(OCCOCCOc3cccc4nc(N)ccc34)cccc2n1. The number of rotatable bonds is 10. The van der Waals surface area contributed by atoms with E-state index in [2.05, 4.69) is 15.3 Å². The molecule has 2 aromatic carbocycles. The highest BCUT2D eigenvalue weighted by atomic mass is 16.5. The van der Waals surface area contributed by atoms with Crippen molar-refractivity contribution < 1.29 is 14.2 Å². The molecule has 0 atom stereocenters. The number of pyridine rings is 2. The number of nitrogens with one attached hydrogen (secondary N) is 1. The zero-order valence-electron chi connectivity index (χ0n) is 17.5. The zero-order chi connectivity index (χ0) is 21.5. The van der Waals surface area contributed by atoms with Crippen LogP contribution in [-0.2, 0) is 4.74 Å². The van der Waals surface area contributed by atoms with Crippen LogP contribution in [0.2, 0.25) is 0 Å². The van der Waals surface area contributed by atoms with Gasteiger partial charge in [0, 0.05) is 17.3 Å². The maximum atomic E-state index is 5.91. The molecule has 0 aliphatic heterocycles. The Morgan fingerprint density at radius 3 is 2.00 bits per heavy atom. The minimum atomic E-state index is 0.439. The van der Waals surface area contributed by atoms with Crippen molar-refractivity contribution in [1.29, 1.82) is 0 Å². The Morgan fingerprint density at radius 1 is 0.742 bits per heavy atom. The zero-order valence-corrected chi connectivity index (χ0v) is 17.5. The molecule has 0 amide bonds. The lowest BCUT2D eigenvalue weighted by molar-refractivity contribution is 0.0771. The van der Waals surface area contributed by atoms with Crippen LogP contribution in [0.3, 0.4) is 0 Å². The number of nitrogen functional groups attached to an aromatic ring is 1. The molecule has 0 aliphatic carbocycles. The average molecular weight is 418 g/mol. The van der Waals surface area contributed by atoms with Gasteiger partial charge in [-0.3, -0.25) is 0 Å². The van der Waals surface area contributed by atoms with E-state index in [9.17, 15) is 0 Å². The number of ether oxygens (including phenoxy) is 3. The van der Waals surface area contributed by atoms with E-state index in [4.69, 9.17) is 19.9 Å². The van der Waals surface area contributed by atoms with Gasteiger partial charge in [-0.2, -0.15) is 0 Å². The molecule has 31 heavy (non-hydrogen) atoms. The molecule has 0 unspecified atom stereocenters. The summed E-state index contributed by atoms with van der Waals surface area (Å²) in [5.41, 5.74) is 7.46. The summed E-state index contributed by atoms with van der Waals surface area (Å²) in [6.07, 6.45) is 0. The van der Waals surface area contributed by atoms with E-state index in [0.29, 0.717) is 32.2 Å². The Bertz CT molecular complexity index is 1170. The number of fused-ring (bicyclic) bond motifs is 2. The molecule has 0 fully saturated rings. The fraction of sp³-hybridized carbons (Fsp3) is 0.250. The Balaban J connectivity index is 1.23. The van der Waals surface area contributed by atoms with Crippen LogP contribution < -0.4 is 20.5 Å². The molecule has 3 N–H and O–H groups in total. The standard InChI is InChI=1S/C24H26N4O3/c1-2-26-24-12-10-18-20(28-24)6-4-8-22(18)31-16-14-29-13-15-30-21-7-3-5-19-17(21)9-11-23(25)27-19/h3-12H,2,13-16H2,1H3,(H2,25,27)(H,26,28). The molecule has 4 aromatic rings. The maximum Gasteiger partial charge on any atom is 0.128 e. The number of hydrogen-bond donors (Lipinski definition) is 2. The highest BCUT2D eigenvalue weighted by Gasteiger charge is 2.05. The molecule has 7 nitrogen and oxygen atoms in total. The second kappa shape index (κ2) is 9.95. The van der Waals surface area contributed by atoms with Crippen molar-refractivity contribution >= 4 is 33.4 Å². The Hall–Kier alpha value is -3.58.